The summed E-state index contributed by atoms with van der Waals surface area (Å²) in [5.74, 6) is -3.65. The molecule has 0 fully saturated rings. The van der Waals surface area contributed by atoms with Crippen LogP contribution in [-0.2, 0) is 0 Å². The molecular weight excluding hydrogens is 901 g/mol. The van der Waals surface area contributed by atoms with Gasteiger partial charge in [-0.3, -0.25) is 5.32 Å². The minimum atomic E-state index is -1.66. The van der Waals surface area contributed by atoms with E-state index in [2.05, 4.69) is 26.5 Å². The molecule has 2 aliphatic heterocycles. The van der Waals surface area contributed by atoms with E-state index in [9.17, 15) is 20.4 Å². The molecule has 3 aromatic heterocycles. The standard InChI is InChI=1S/C51H38F4N6O4S2/c1-2-41(65)56-20-22-66-67-23-21-57-51-49(54)47(52)46(48(53)50(51)55)45-39-18-16-37(60-39)43(28-7-4-10-31(63)25-28)35-14-12-33(58-35)42(27-6-3-9-30(62)24-27)34-13-15-36(59-34)44(38-17-19-40(45)61-38)29-8-5-11-32(64)26-29/h1,3-19,24-26,41,56-58,61-65H,20-23H2. The zero-order valence-corrected chi connectivity index (χ0v) is 36.7. The monoisotopic (exact) mass is 938 g/mol. The van der Waals surface area contributed by atoms with Crippen LogP contribution in [-0.4, -0.2) is 71.2 Å². The number of nitrogens with one attached hydrogen (secondary N) is 4. The zero-order chi connectivity index (χ0) is 46.8. The van der Waals surface area contributed by atoms with Crippen LogP contribution in [0.15, 0.2) is 97.1 Å². The SMILES string of the molecule is C#CC(O)NCCSSCCNc1c(F)c(F)c(-c2c3nc(c(-c4cccc(O)c4)c4ccc([nH]4)c(-c4cccc(O)c4)c4nc(c(-c5cccc(O)c5)c5ccc2[nH]5)C=C4)C=C3)c(F)c1F. The summed E-state index contributed by atoms with van der Waals surface area (Å²) in [7, 11) is 2.75. The number of nitrogens with zero attached hydrogens (tertiary/aromatic N) is 2. The Kier molecular flexibility index (Phi) is 12.8. The molecule has 8 bridgehead atoms. The Labute approximate surface area is 388 Å². The lowest BCUT2D eigenvalue weighted by atomic mass is 10.0. The molecule has 8 N–H and O–H groups in total. The Morgan fingerprint density at radius 3 is 1.33 bits per heavy atom. The number of rotatable bonds is 13. The molecule has 9 rings (SSSR count). The quantitative estimate of drug-likeness (QED) is 0.0139. The number of aromatic nitrogens is 4. The molecule has 0 saturated carbocycles. The first kappa shape index (κ1) is 44.8. The maximum atomic E-state index is 16.7. The molecule has 336 valence electrons. The Morgan fingerprint density at radius 1 is 0.537 bits per heavy atom. The third kappa shape index (κ3) is 9.10. The molecule has 10 nitrogen and oxygen atoms in total. The maximum Gasteiger partial charge on any atom is 0.185 e. The highest BCUT2D eigenvalue weighted by atomic mass is 33.1. The molecule has 4 aromatic carbocycles. The second kappa shape index (κ2) is 19.2. The number of H-pyrrole nitrogens is 2. The van der Waals surface area contributed by atoms with Crippen molar-refractivity contribution in [1.29, 1.82) is 0 Å². The van der Waals surface area contributed by atoms with Gasteiger partial charge in [-0.25, -0.2) is 27.5 Å². The van der Waals surface area contributed by atoms with Crippen LogP contribution in [0, 0.1) is 35.6 Å². The van der Waals surface area contributed by atoms with Crippen LogP contribution >= 0.6 is 21.6 Å². The van der Waals surface area contributed by atoms with Crippen molar-refractivity contribution in [2.24, 2.45) is 0 Å². The van der Waals surface area contributed by atoms with Crippen molar-refractivity contribution in [3.05, 3.63) is 143 Å². The van der Waals surface area contributed by atoms with Gasteiger partial charge in [0.25, 0.3) is 0 Å². The number of phenolic OH excluding ortho intramolecular Hbond substituents is 3. The fourth-order valence-corrected chi connectivity index (χ4v) is 9.83. The average molecular weight is 939 g/mol. The van der Waals surface area contributed by atoms with Crippen molar-refractivity contribution < 1.29 is 38.0 Å². The van der Waals surface area contributed by atoms with Gasteiger partial charge in [-0.1, -0.05) is 63.9 Å². The molecule has 2 aliphatic rings. The van der Waals surface area contributed by atoms with Gasteiger partial charge in [-0.2, -0.15) is 0 Å². The Morgan fingerprint density at radius 2 is 0.925 bits per heavy atom. The van der Waals surface area contributed by atoms with E-state index >= 15 is 17.6 Å². The number of halogens is 4. The van der Waals surface area contributed by atoms with Gasteiger partial charge in [0.05, 0.1) is 28.3 Å². The summed E-state index contributed by atoms with van der Waals surface area (Å²) in [4.78, 5) is 16.7. The van der Waals surface area contributed by atoms with Gasteiger partial charge in [0, 0.05) is 68.9 Å². The molecular formula is C51H38F4N6O4S2. The molecule has 16 heteroatoms. The van der Waals surface area contributed by atoms with Crippen LogP contribution in [0.2, 0.25) is 0 Å². The summed E-state index contributed by atoms with van der Waals surface area (Å²) >= 11 is 0. The van der Waals surface area contributed by atoms with Crippen molar-refractivity contribution >= 4 is 73.6 Å². The third-order valence-electron chi connectivity index (χ3n) is 10.9. The fraction of sp³-hybridized carbons (Fsp3) is 0.0980. The molecule has 67 heavy (non-hydrogen) atoms. The molecule has 7 aromatic rings. The number of aliphatic hydroxyl groups excluding tert-OH is 1. The summed E-state index contributed by atoms with van der Waals surface area (Å²) in [6, 6.07) is 26.4. The normalized spacial score (nSPS) is 12.4. The van der Waals surface area contributed by atoms with Crippen molar-refractivity contribution in [2.75, 3.05) is 29.9 Å². The second-order valence-corrected chi connectivity index (χ2v) is 18.0. The Hall–Kier alpha value is -7.42. The van der Waals surface area contributed by atoms with Crippen LogP contribution in [0.4, 0.5) is 23.2 Å². The van der Waals surface area contributed by atoms with Crippen LogP contribution < -0.4 is 10.6 Å². The number of hydrogen-bond donors (Lipinski definition) is 8. The van der Waals surface area contributed by atoms with Gasteiger partial charge < -0.3 is 35.7 Å². The Bertz CT molecular complexity index is 3290. The van der Waals surface area contributed by atoms with Crippen LogP contribution in [0.5, 0.6) is 17.2 Å². The first-order chi connectivity index (χ1) is 32.5. The first-order valence-electron chi connectivity index (χ1n) is 20.8. The minimum Gasteiger partial charge on any atom is -0.508 e. The number of hydrogen-bond acceptors (Lipinski definition) is 10. The molecule has 0 aliphatic carbocycles. The molecule has 5 heterocycles. The van der Waals surface area contributed by atoms with E-state index < -0.39 is 40.7 Å². The van der Waals surface area contributed by atoms with Gasteiger partial charge in [0.15, 0.2) is 29.5 Å². The van der Waals surface area contributed by atoms with E-state index in [0.717, 1.165) is 0 Å². The third-order valence-corrected chi connectivity index (χ3v) is 13.3. The molecule has 0 spiro atoms. The van der Waals surface area contributed by atoms with Crippen molar-refractivity contribution in [3.63, 3.8) is 0 Å². The average Bonchev–Trinajstić information content (AvgIpc) is 4.17. The van der Waals surface area contributed by atoms with Crippen LogP contribution in [0.1, 0.15) is 22.8 Å². The van der Waals surface area contributed by atoms with E-state index in [-0.39, 0.29) is 46.3 Å². The smallest absolute Gasteiger partial charge is 0.185 e. The largest absolute Gasteiger partial charge is 0.508 e. The van der Waals surface area contributed by atoms with E-state index in [1.165, 1.54) is 58.0 Å². The van der Waals surface area contributed by atoms with Gasteiger partial charge in [0.1, 0.15) is 22.9 Å². The van der Waals surface area contributed by atoms with E-state index in [4.69, 9.17) is 16.4 Å². The number of anilines is 1. The summed E-state index contributed by atoms with van der Waals surface area (Å²) < 4.78 is 65.9. The van der Waals surface area contributed by atoms with Crippen LogP contribution in [0.25, 0.3) is 90.9 Å². The summed E-state index contributed by atoms with van der Waals surface area (Å²) in [5.41, 5.74) is 3.62. The second-order valence-electron chi connectivity index (χ2n) is 15.3. The lowest BCUT2D eigenvalue weighted by Gasteiger charge is -2.14. The zero-order valence-electron chi connectivity index (χ0n) is 35.0. The predicted molar refractivity (Wildman–Crippen MR) is 262 cm³/mol. The number of phenols is 3. The van der Waals surface area contributed by atoms with Crippen molar-refractivity contribution in [1.82, 2.24) is 25.3 Å². The number of aromatic amines is 2. The number of benzene rings is 4. The lowest BCUT2D eigenvalue weighted by molar-refractivity contribution is 0.197. The van der Waals surface area contributed by atoms with Gasteiger partial charge >= 0.3 is 0 Å². The summed E-state index contributed by atoms with van der Waals surface area (Å²) in [5, 5.41) is 46.6. The molecule has 1 unspecified atom stereocenters. The summed E-state index contributed by atoms with van der Waals surface area (Å²) in [6.45, 7) is 0.364. The molecule has 0 amide bonds. The van der Waals surface area contributed by atoms with Crippen molar-refractivity contribution in [2.45, 2.75) is 6.23 Å². The fourth-order valence-electron chi connectivity index (χ4n) is 8.00. The van der Waals surface area contributed by atoms with Crippen molar-refractivity contribution in [3.8, 4) is 74.1 Å². The molecule has 0 saturated heterocycles. The highest BCUT2D eigenvalue weighted by Gasteiger charge is 2.30. The molecule has 0 radical (unpaired) electrons. The van der Waals surface area contributed by atoms with E-state index in [0.29, 0.717) is 79.4 Å². The summed E-state index contributed by atoms with van der Waals surface area (Å²) in [6.07, 6.45) is 10.7. The van der Waals surface area contributed by atoms with E-state index in [1.807, 2.05) is 12.1 Å². The predicted octanol–water partition coefficient (Wildman–Crippen LogP) is 11.3. The van der Waals surface area contributed by atoms with E-state index in [1.54, 1.807) is 72.8 Å². The lowest BCUT2D eigenvalue weighted by Crippen LogP contribution is -2.28. The topological polar surface area (TPSA) is 162 Å². The maximum absolute atomic E-state index is 16.7. The Balaban J connectivity index is 1.29. The first-order valence-corrected chi connectivity index (χ1v) is 23.2. The highest BCUT2D eigenvalue weighted by molar-refractivity contribution is 8.76. The number of fused-ring (bicyclic) bond motifs is 8. The van der Waals surface area contributed by atoms with Gasteiger partial charge in [-0.05, 0) is 102 Å². The van der Waals surface area contributed by atoms with Gasteiger partial charge in [0.2, 0.25) is 0 Å². The number of terminal acetylenes is 1. The van der Waals surface area contributed by atoms with Crippen LogP contribution in [0.3, 0.4) is 0 Å². The minimum absolute atomic E-state index is 0.0294. The number of aliphatic hydroxyl groups is 1. The number of aromatic hydroxyl groups is 3. The highest BCUT2D eigenvalue weighted by Crippen LogP contribution is 2.42. The molecule has 1 atom stereocenters. The van der Waals surface area contributed by atoms with Gasteiger partial charge in [-0.15, -0.1) is 6.42 Å².